The fourth-order valence-electron chi connectivity index (χ4n) is 1.14. The second kappa shape index (κ2) is 3.27. The highest BCUT2D eigenvalue weighted by atomic mass is 35.5. The summed E-state index contributed by atoms with van der Waals surface area (Å²) in [5.74, 6) is 0.314. The van der Waals surface area contributed by atoms with Crippen molar-refractivity contribution in [1.82, 2.24) is 0 Å². The molecule has 0 aliphatic rings. The molecule has 1 unspecified atom stereocenters. The molecule has 0 aromatic heterocycles. The van der Waals surface area contributed by atoms with Crippen LogP contribution in [0.2, 0.25) is 5.02 Å². The lowest BCUT2D eigenvalue weighted by molar-refractivity contribution is 0.949. The van der Waals surface area contributed by atoms with Crippen molar-refractivity contribution in [3.63, 3.8) is 0 Å². The van der Waals surface area contributed by atoms with Gasteiger partial charge in [0, 0.05) is 5.02 Å². The monoisotopic (exact) mass is 167 g/mol. The summed E-state index contributed by atoms with van der Waals surface area (Å²) in [6, 6.07) is 5.91. The molecule has 0 N–H and O–H groups in total. The summed E-state index contributed by atoms with van der Waals surface area (Å²) in [4.78, 5) is 0. The van der Waals surface area contributed by atoms with Crippen LogP contribution >= 0.6 is 11.6 Å². The van der Waals surface area contributed by atoms with Crippen molar-refractivity contribution in [1.29, 1.82) is 0 Å². The van der Waals surface area contributed by atoms with E-state index < -0.39 is 0 Å². The first-order valence-electron chi connectivity index (χ1n) is 3.70. The van der Waals surface area contributed by atoms with Crippen LogP contribution in [0.25, 0.3) is 0 Å². The minimum atomic E-state index is 0.314. The molecular weight excluding hydrogens is 156 g/mol. The first-order chi connectivity index (χ1) is 5.11. The van der Waals surface area contributed by atoms with E-state index >= 15 is 0 Å². The normalized spacial score (nSPS) is 10.6. The zero-order valence-corrected chi connectivity index (χ0v) is 7.65. The maximum atomic E-state index is 5.83. The Morgan fingerprint density at radius 1 is 1.45 bits per heavy atom. The predicted octanol–water partition coefficient (Wildman–Crippen LogP) is 3.59. The van der Waals surface area contributed by atoms with Gasteiger partial charge in [-0.3, -0.25) is 0 Å². The van der Waals surface area contributed by atoms with E-state index in [0.29, 0.717) is 5.92 Å². The van der Waals surface area contributed by atoms with Crippen LogP contribution in [0.3, 0.4) is 0 Å². The molecule has 0 bridgehead atoms. The molecule has 0 fully saturated rings. The van der Waals surface area contributed by atoms with Crippen LogP contribution in [0.15, 0.2) is 18.2 Å². The van der Waals surface area contributed by atoms with Crippen molar-refractivity contribution in [2.24, 2.45) is 0 Å². The third-order valence-electron chi connectivity index (χ3n) is 1.77. The Kier molecular flexibility index (Phi) is 2.56. The van der Waals surface area contributed by atoms with Gasteiger partial charge in [0.15, 0.2) is 0 Å². The molecule has 0 spiro atoms. The Bertz CT molecular complexity index is 251. The van der Waals surface area contributed by atoms with E-state index in [1.165, 1.54) is 11.1 Å². The maximum absolute atomic E-state index is 5.83. The van der Waals surface area contributed by atoms with Gasteiger partial charge >= 0.3 is 0 Å². The minimum Gasteiger partial charge on any atom is -0.0843 e. The Morgan fingerprint density at radius 2 is 2.09 bits per heavy atom. The third-order valence-corrected chi connectivity index (χ3v) is 2.01. The first kappa shape index (κ1) is 8.61. The molecule has 1 rings (SSSR count). The highest BCUT2D eigenvalue weighted by molar-refractivity contribution is 6.30. The van der Waals surface area contributed by atoms with Gasteiger partial charge in [0.1, 0.15) is 0 Å². The van der Waals surface area contributed by atoms with Gasteiger partial charge in [-0.2, -0.15) is 0 Å². The summed E-state index contributed by atoms with van der Waals surface area (Å²) in [7, 11) is 0. The zero-order chi connectivity index (χ0) is 8.43. The summed E-state index contributed by atoms with van der Waals surface area (Å²) in [5.41, 5.74) is 2.49. The lowest BCUT2D eigenvalue weighted by atomic mass is 9.98. The van der Waals surface area contributed by atoms with Gasteiger partial charge in [-0.15, -0.1) is 0 Å². The molecular formula is C10H12Cl. The molecule has 59 valence electrons. The Hall–Kier alpha value is -0.490. The second-order valence-electron chi connectivity index (χ2n) is 2.90. The summed E-state index contributed by atoms with van der Waals surface area (Å²) in [6.45, 7) is 8.10. The summed E-state index contributed by atoms with van der Waals surface area (Å²) >= 11 is 5.83. The zero-order valence-electron chi connectivity index (χ0n) is 6.89. The summed E-state index contributed by atoms with van der Waals surface area (Å²) in [6.07, 6.45) is 0. The lowest BCUT2D eigenvalue weighted by Crippen LogP contribution is -1.91. The van der Waals surface area contributed by atoms with Crippen molar-refractivity contribution < 1.29 is 0 Å². The molecule has 0 heterocycles. The number of halogens is 1. The molecule has 0 nitrogen and oxygen atoms in total. The van der Waals surface area contributed by atoms with Crippen molar-refractivity contribution in [2.75, 3.05) is 0 Å². The molecule has 0 saturated heterocycles. The Balaban J connectivity index is 3.13. The van der Waals surface area contributed by atoms with Gasteiger partial charge in [0.05, 0.1) is 0 Å². The largest absolute Gasteiger partial charge is 0.0843 e. The molecule has 1 heteroatoms. The molecule has 0 aliphatic heterocycles. The van der Waals surface area contributed by atoms with Gasteiger partial charge in [-0.25, -0.2) is 0 Å². The average molecular weight is 168 g/mol. The van der Waals surface area contributed by atoms with E-state index in [0.717, 1.165) is 5.02 Å². The maximum Gasteiger partial charge on any atom is 0.0409 e. The van der Waals surface area contributed by atoms with E-state index in [1.54, 1.807) is 0 Å². The van der Waals surface area contributed by atoms with E-state index in [2.05, 4.69) is 20.8 Å². The molecule has 1 aromatic carbocycles. The molecule has 1 radical (unpaired) electrons. The van der Waals surface area contributed by atoms with E-state index in [1.807, 2.05) is 18.2 Å². The van der Waals surface area contributed by atoms with Crippen LogP contribution in [-0.2, 0) is 0 Å². The quantitative estimate of drug-likeness (QED) is 0.600. The topological polar surface area (TPSA) is 0 Å². The number of hydrogen-bond donors (Lipinski definition) is 0. The van der Waals surface area contributed by atoms with Gasteiger partial charge < -0.3 is 0 Å². The van der Waals surface area contributed by atoms with Gasteiger partial charge in [-0.05, 0) is 43.0 Å². The minimum absolute atomic E-state index is 0.314. The van der Waals surface area contributed by atoms with Crippen LogP contribution in [0, 0.1) is 13.8 Å². The van der Waals surface area contributed by atoms with E-state index in [-0.39, 0.29) is 0 Å². The number of rotatable bonds is 1. The van der Waals surface area contributed by atoms with Crippen molar-refractivity contribution in [3.05, 3.63) is 41.3 Å². The molecule has 0 saturated carbocycles. The number of aryl methyl sites for hydroxylation is 1. The molecule has 1 aromatic rings. The Morgan fingerprint density at radius 3 is 2.55 bits per heavy atom. The highest BCUT2D eigenvalue weighted by Crippen LogP contribution is 2.22. The molecule has 11 heavy (non-hydrogen) atoms. The van der Waals surface area contributed by atoms with Crippen molar-refractivity contribution >= 4 is 11.6 Å². The average Bonchev–Trinajstić information content (AvgIpc) is 1.94. The lowest BCUT2D eigenvalue weighted by Gasteiger charge is -2.08. The molecule has 0 aliphatic carbocycles. The van der Waals surface area contributed by atoms with Crippen LogP contribution in [0.5, 0.6) is 0 Å². The van der Waals surface area contributed by atoms with Crippen molar-refractivity contribution in [2.45, 2.75) is 19.8 Å². The van der Waals surface area contributed by atoms with Crippen LogP contribution < -0.4 is 0 Å². The summed E-state index contributed by atoms with van der Waals surface area (Å²) in [5, 5.41) is 0.793. The van der Waals surface area contributed by atoms with E-state index in [9.17, 15) is 0 Å². The predicted molar refractivity (Wildman–Crippen MR) is 50.0 cm³/mol. The molecule has 1 atom stereocenters. The standard InChI is InChI=1S/C10H12Cl/c1-7(2)10-6-9(11)5-4-8(10)3/h4-7H,1H2,2-3H3. The summed E-state index contributed by atoms with van der Waals surface area (Å²) < 4.78 is 0. The van der Waals surface area contributed by atoms with Gasteiger partial charge in [0.25, 0.3) is 0 Å². The highest BCUT2D eigenvalue weighted by Gasteiger charge is 2.02. The van der Waals surface area contributed by atoms with Crippen molar-refractivity contribution in [3.8, 4) is 0 Å². The second-order valence-corrected chi connectivity index (χ2v) is 3.34. The van der Waals surface area contributed by atoms with Crippen LogP contribution in [-0.4, -0.2) is 0 Å². The fourth-order valence-corrected chi connectivity index (χ4v) is 1.32. The SMILES string of the molecule is [CH2]C(C)c1cc(Cl)ccc1C. The smallest absolute Gasteiger partial charge is 0.0409 e. The third kappa shape index (κ3) is 1.97. The van der Waals surface area contributed by atoms with Crippen LogP contribution in [0.4, 0.5) is 0 Å². The van der Waals surface area contributed by atoms with Gasteiger partial charge in [0.2, 0.25) is 0 Å². The van der Waals surface area contributed by atoms with E-state index in [4.69, 9.17) is 11.6 Å². The van der Waals surface area contributed by atoms with Crippen LogP contribution in [0.1, 0.15) is 24.0 Å². The Labute approximate surface area is 73.2 Å². The molecule has 0 amide bonds. The number of benzene rings is 1. The fraction of sp³-hybridized carbons (Fsp3) is 0.300. The first-order valence-corrected chi connectivity index (χ1v) is 4.08. The van der Waals surface area contributed by atoms with Gasteiger partial charge in [-0.1, -0.05) is 24.6 Å². The number of hydrogen-bond acceptors (Lipinski definition) is 0.